The van der Waals surface area contributed by atoms with Crippen molar-refractivity contribution < 1.29 is 12.8 Å². The molecule has 0 spiro atoms. The first kappa shape index (κ1) is 10.5. The van der Waals surface area contributed by atoms with E-state index in [1.54, 1.807) is 0 Å². The molecule has 1 aromatic carbocycles. The van der Waals surface area contributed by atoms with Crippen molar-refractivity contribution in [1.29, 1.82) is 0 Å². The molecule has 1 aromatic heterocycles. The molecule has 2 aromatic rings. The Kier molecular flexibility index (Phi) is 1.94. The third-order valence-electron chi connectivity index (χ3n) is 2.83. The minimum atomic E-state index is -2.95. The number of benzene rings is 1. The van der Waals surface area contributed by atoms with Gasteiger partial charge in [-0.05, 0) is 6.07 Å². The molecule has 8 heteroatoms. The van der Waals surface area contributed by atoms with Crippen LogP contribution in [0.5, 0.6) is 0 Å². The van der Waals surface area contributed by atoms with Crippen LogP contribution in [-0.2, 0) is 9.84 Å². The van der Waals surface area contributed by atoms with Gasteiger partial charge in [-0.3, -0.25) is 0 Å². The van der Waals surface area contributed by atoms with E-state index in [4.69, 9.17) is 5.73 Å². The van der Waals surface area contributed by atoms with E-state index in [2.05, 4.69) is 10.3 Å². The molecule has 0 bridgehead atoms. The molecule has 0 amide bonds. The lowest BCUT2D eigenvalue weighted by atomic mass is 10.2. The largest absolute Gasteiger partial charge is 0.396 e. The van der Waals surface area contributed by atoms with E-state index in [9.17, 15) is 12.8 Å². The molecule has 2 N–H and O–H groups in total. The van der Waals surface area contributed by atoms with Gasteiger partial charge in [0.05, 0.1) is 28.8 Å². The summed E-state index contributed by atoms with van der Waals surface area (Å²) in [6.45, 7) is 0. The fourth-order valence-electron chi connectivity index (χ4n) is 1.92. The van der Waals surface area contributed by atoms with Crippen molar-refractivity contribution in [3.63, 3.8) is 0 Å². The molecule has 3 rings (SSSR count). The maximum absolute atomic E-state index is 13.3. The summed E-state index contributed by atoms with van der Waals surface area (Å²) < 4.78 is 37.0. The zero-order valence-corrected chi connectivity index (χ0v) is 9.48. The first-order valence-electron chi connectivity index (χ1n) is 4.96. The SMILES string of the molecule is Nc1cc2nnn(C3CS(=O)(=O)C3)c2cc1F. The van der Waals surface area contributed by atoms with E-state index in [1.807, 2.05) is 0 Å². The predicted molar refractivity (Wildman–Crippen MR) is 59.6 cm³/mol. The molecule has 0 radical (unpaired) electrons. The average molecular weight is 256 g/mol. The average Bonchev–Trinajstić information content (AvgIpc) is 2.58. The first-order valence-corrected chi connectivity index (χ1v) is 6.79. The van der Waals surface area contributed by atoms with Crippen molar-refractivity contribution in [1.82, 2.24) is 15.0 Å². The number of fused-ring (bicyclic) bond motifs is 1. The van der Waals surface area contributed by atoms with Gasteiger partial charge in [-0.1, -0.05) is 5.21 Å². The number of hydrogen-bond acceptors (Lipinski definition) is 5. The standard InChI is InChI=1S/C9H9FN4O2S/c10-6-1-9-8(2-7(6)11)12-13-14(9)5-3-17(15,16)4-5/h1-2,5H,3-4,11H2. The minimum absolute atomic E-state index is 0.00535. The molecule has 0 aliphatic carbocycles. The third-order valence-corrected chi connectivity index (χ3v) is 4.61. The Hall–Kier alpha value is -1.70. The van der Waals surface area contributed by atoms with E-state index in [1.165, 1.54) is 16.8 Å². The number of nitrogen functional groups attached to an aromatic ring is 1. The highest BCUT2D eigenvalue weighted by Gasteiger charge is 2.36. The quantitative estimate of drug-likeness (QED) is 0.732. The smallest absolute Gasteiger partial charge is 0.154 e. The number of sulfone groups is 1. The van der Waals surface area contributed by atoms with Crippen molar-refractivity contribution in [2.24, 2.45) is 0 Å². The predicted octanol–water partition coefficient (Wildman–Crippen LogP) is 0.122. The molecule has 0 unspecified atom stereocenters. The normalized spacial score (nSPS) is 19.4. The van der Waals surface area contributed by atoms with Crippen LogP contribution < -0.4 is 5.73 Å². The highest BCUT2D eigenvalue weighted by Crippen LogP contribution is 2.27. The van der Waals surface area contributed by atoms with E-state index in [0.717, 1.165) is 0 Å². The number of hydrogen-bond donors (Lipinski definition) is 1. The summed E-state index contributed by atoms with van der Waals surface area (Å²) in [7, 11) is -2.95. The van der Waals surface area contributed by atoms with Crippen LogP contribution in [-0.4, -0.2) is 34.9 Å². The number of anilines is 1. The zero-order valence-electron chi connectivity index (χ0n) is 8.67. The Bertz CT molecular complexity index is 697. The van der Waals surface area contributed by atoms with E-state index < -0.39 is 15.7 Å². The monoisotopic (exact) mass is 256 g/mol. The number of nitrogens with two attached hydrogens (primary N) is 1. The van der Waals surface area contributed by atoms with E-state index >= 15 is 0 Å². The van der Waals surface area contributed by atoms with E-state index in [0.29, 0.717) is 11.0 Å². The second-order valence-corrected chi connectivity index (χ2v) is 6.28. The molecular weight excluding hydrogens is 247 g/mol. The summed E-state index contributed by atoms with van der Waals surface area (Å²) in [5, 5.41) is 7.69. The topological polar surface area (TPSA) is 90.9 Å². The van der Waals surface area contributed by atoms with Crippen molar-refractivity contribution >= 4 is 26.6 Å². The van der Waals surface area contributed by atoms with Crippen molar-refractivity contribution in [3.05, 3.63) is 17.9 Å². The third kappa shape index (κ3) is 1.55. The van der Waals surface area contributed by atoms with Crippen LogP contribution in [0.1, 0.15) is 6.04 Å². The molecule has 1 aliphatic rings. The van der Waals surface area contributed by atoms with Gasteiger partial charge >= 0.3 is 0 Å². The molecule has 6 nitrogen and oxygen atoms in total. The lowest BCUT2D eigenvalue weighted by Crippen LogP contribution is -2.38. The molecule has 17 heavy (non-hydrogen) atoms. The molecule has 2 heterocycles. The Balaban J connectivity index is 2.10. The summed E-state index contributed by atoms with van der Waals surface area (Å²) in [5.74, 6) is -0.502. The van der Waals surface area contributed by atoms with Crippen LogP contribution in [0, 0.1) is 5.82 Å². The van der Waals surface area contributed by atoms with Gasteiger partial charge in [-0.15, -0.1) is 5.10 Å². The van der Waals surface area contributed by atoms with Crippen LogP contribution in [0.25, 0.3) is 11.0 Å². The molecule has 1 fully saturated rings. The molecule has 0 atom stereocenters. The summed E-state index contributed by atoms with van der Waals surface area (Å²) in [5.41, 5.74) is 6.35. The summed E-state index contributed by atoms with van der Waals surface area (Å²) >= 11 is 0. The molecule has 90 valence electrons. The minimum Gasteiger partial charge on any atom is -0.396 e. The van der Waals surface area contributed by atoms with Gasteiger partial charge < -0.3 is 5.73 Å². The van der Waals surface area contributed by atoms with Crippen LogP contribution in [0.4, 0.5) is 10.1 Å². The maximum Gasteiger partial charge on any atom is 0.154 e. The van der Waals surface area contributed by atoms with E-state index in [-0.39, 0.29) is 23.2 Å². The summed E-state index contributed by atoms with van der Waals surface area (Å²) in [4.78, 5) is 0. The Morgan fingerprint density at radius 3 is 2.76 bits per heavy atom. The molecular formula is C9H9FN4O2S. The lowest BCUT2D eigenvalue weighted by molar-refractivity contribution is 0.473. The van der Waals surface area contributed by atoms with Gasteiger partial charge in [-0.2, -0.15) is 0 Å². The zero-order chi connectivity index (χ0) is 12.2. The lowest BCUT2D eigenvalue weighted by Gasteiger charge is -2.25. The van der Waals surface area contributed by atoms with Crippen LogP contribution in [0.3, 0.4) is 0 Å². The number of nitrogens with zero attached hydrogens (tertiary/aromatic N) is 3. The van der Waals surface area contributed by atoms with Crippen LogP contribution in [0.15, 0.2) is 12.1 Å². The van der Waals surface area contributed by atoms with Gasteiger partial charge in [0.25, 0.3) is 0 Å². The van der Waals surface area contributed by atoms with Crippen molar-refractivity contribution in [2.45, 2.75) is 6.04 Å². The fraction of sp³-hybridized carbons (Fsp3) is 0.333. The van der Waals surface area contributed by atoms with Gasteiger partial charge in [0.2, 0.25) is 0 Å². The second kappa shape index (κ2) is 3.16. The highest BCUT2D eigenvalue weighted by molar-refractivity contribution is 7.92. The van der Waals surface area contributed by atoms with Gasteiger partial charge in [0, 0.05) is 6.07 Å². The Labute approximate surface area is 96.1 Å². The van der Waals surface area contributed by atoms with Gasteiger partial charge in [0.1, 0.15) is 11.3 Å². The first-order chi connectivity index (χ1) is 7.96. The summed E-state index contributed by atoms with van der Waals surface area (Å²) in [6.07, 6.45) is 0. The molecule has 1 saturated heterocycles. The maximum atomic E-state index is 13.3. The second-order valence-electron chi connectivity index (χ2n) is 4.13. The molecule has 1 aliphatic heterocycles. The van der Waals surface area contributed by atoms with Crippen molar-refractivity contribution in [2.75, 3.05) is 17.2 Å². The summed E-state index contributed by atoms with van der Waals surface area (Å²) in [6, 6.07) is 2.37. The number of halogens is 1. The highest BCUT2D eigenvalue weighted by atomic mass is 32.2. The van der Waals surface area contributed by atoms with Crippen LogP contribution in [0.2, 0.25) is 0 Å². The number of aromatic nitrogens is 3. The Morgan fingerprint density at radius 2 is 2.12 bits per heavy atom. The van der Waals surface area contributed by atoms with Crippen molar-refractivity contribution in [3.8, 4) is 0 Å². The van der Waals surface area contributed by atoms with Crippen LogP contribution >= 0.6 is 0 Å². The number of rotatable bonds is 1. The fourth-order valence-corrected chi connectivity index (χ4v) is 3.28. The molecule has 0 saturated carbocycles. The van der Waals surface area contributed by atoms with Gasteiger partial charge in [-0.25, -0.2) is 17.5 Å². The van der Waals surface area contributed by atoms with Gasteiger partial charge in [0.15, 0.2) is 9.84 Å². The Morgan fingerprint density at radius 1 is 1.41 bits per heavy atom.